The quantitative estimate of drug-likeness (QED) is 0.879. The van der Waals surface area contributed by atoms with Gasteiger partial charge in [0.2, 0.25) is 5.88 Å². The Labute approximate surface area is 113 Å². The number of nitrogen functional groups attached to an aromatic ring is 1. The van der Waals surface area contributed by atoms with Gasteiger partial charge in [-0.15, -0.1) is 0 Å². The third kappa shape index (κ3) is 3.16. The van der Waals surface area contributed by atoms with Crippen molar-refractivity contribution in [3.8, 4) is 5.88 Å². The van der Waals surface area contributed by atoms with E-state index >= 15 is 0 Å². The highest BCUT2D eigenvalue weighted by atomic mass is 16.5. The van der Waals surface area contributed by atoms with Crippen molar-refractivity contribution >= 4 is 17.2 Å². The Morgan fingerprint density at radius 1 is 1.11 bits per heavy atom. The van der Waals surface area contributed by atoms with Gasteiger partial charge in [-0.3, -0.25) is 0 Å². The van der Waals surface area contributed by atoms with Crippen molar-refractivity contribution in [3.63, 3.8) is 0 Å². The van der Waals surface area contributed by atoms with Crippen LogP contribution in [0.2, 0.25) is 0 Å². The molecule has 100 valence electrons. The second-order valence-electron chi connectivity index (χ2n) is 4.69. The molecular weight excluding hydrogens is 238 g/mol. The van der Waals surface area contributed by atoms with Crippen molar-refractivity contribution in [2.45, 2.75) is 19.8 Å². The van der Waals surface area contributed by atoms with Crippen LogP contribution < -0.4 is 15.8 Å². The second kappa shape index (κ2) is 5.61. The molecule has 0 saturated heterocycles. The molecule has 2 aromatic rings. The number of aromatic nitrogens is 1. The van der Waals surface area contributed by atoms with E-state index in [1.54, 1.807) is 19.2 Å². The minimum absolute atomic E-state index is 0.522. The van der Waals surface area contributed by atoms with Crippen molar-refractivity contribution in [1.29, 1.82) is 0 Å². The van der Waals surface area contributed by atoms with E-state index in [1.165, 1.54) is 5.56 Å². The molecule has 4 nitrogen and oxygen atoms in total. The predicted molar refractivity (Wildman–Crippen MR) is 79.0 cm³/mol. The summed E-state index contributed by atoms with van der Waals surface area (Å²) in [4.78, 5) is 4.29. The van der Waals surface area contributed by atoms with E-state index in [0.717, 1.165) is 5.69 Å². The van der Waals surface area contributed by atoms with Gasteiger partial charge in [-0.1, -0.05) is 26.0 Å². The van der Waals surface area contributed by atoms with Crippen LogP contribution in [-0.2, 0) is 0 Å². The maximum atomic E-state index is 5.89. The molecule has 3 N–H and O–H groups in total. The summed E-state index contributed by atoms with van der Waals surface area (Å²) < 4.78 is 5.09. The van der Waals surface area contributed by atoms with Crippen molar-refractivity contribution in [1.82, 2.24) is 4.98 Å². The molecule has 0 spiro atoms. The maximum absolute atomic E-state index is 5.89. The van der Waals surface area contributed by atoms with Gasteiger partial charge in [0.1, 0.15) is 0 Å². The molecule has 0 radical (unpaired) electrons. The summed E-state index contributed by atoms with van der Waals surface area (Å²) >= 11 is 0. The second-order valence-corrected chi connectivity index (χ2v) is 4.69. The predicted octanol–water partition coefficient (Wildman–Crippen LogP) is 3.54. The average Bonchev–Trinajstić information content (AvgIpc) is 2.42. The summed E-state index contributed by atoms with van der Waals surface area (Å²) in [6.07, 6.45) is 0. The maximum Gasteiger partial charge on any atom is 0.215 e. The number of ether oxygens (including phenoxy) is 1. The molecule has 0 aliphatic carbocycles. The number of nitrogens with zero attached hydrogens (tertiary/aromatic N) is 1. The minimum Gasteiger partial charge on any atom is -0.481 e. The van der Waals surface area contributed by atoms with Crippen LogP contribution in [0.4, 0.5) is 17.2 Å². The van der Waals surface area contributed by atoms with Crippen LogP contribution in [0.3, 0.4) is 0 Å². The molecule has 19 heavy (non-hydrogen) atoms. The lowest BCUT2D eigenvalue weighted by atomic mass is 10.0. The smallest absolute Gasteiger partial charge is 0.215 e. The molecule has 1 aromatic heterocycles. The van der Waals surface area contributed by atoms with E-state index in [1.807, 2.05) is 12.1 Å². The van der Waals surface area contributed by atoms with Crippen LogP contribution in [0.1, 0.15) is 25.3 Å². The van der Waals surface area contributed by atoms with E-state index < -0.39 is 0 Å². The Hall–Kier alpha value is -2.23. The Kier molecular flexibility index (Phi) is 3.90. The number of nitrogens with two attached hydrogens (primary N) is 1. The standard InChI is InChI=1S/C15H19N3O/c1-10(2)11-4-6-12(7-5-11)17-15-13(16)8-9-14(18-15)19-3/h4-10H,16H2,1-3H3,(H,17,18). The normalized spacial score (nSPS) is 10.5. The fraction of sp³-hybridized carbons (Fsp3) is 0.267. The third-order valence-electron chi connectivity index (χ3n) is 2.95. The fourth-order valence-electron chi connectivity index (χ4n) is 1.75. The molecule has 0 aliphatic rings. The molecule has 0 amide bonds. The molecule has 2 rings (SSSR count). The summed E-state index contributed by atoms with van der Waals surface area (Å²) in [5.74, 6) is 1.67. The Morgan fingerprint density at radius 2 is 1.79 bits per heavy atom. The first kappa shape index (κ1) is 13.2. The number of hydrogen-bond acceptors (Lipinski definition) is 4. The number of nitrogens with one attached hydrogen (secondary N) is 1. The van der Waals surface area contributed by atoms with Crippen molar-refractivity contribution < 1.29 is 4.74 Å². The zero-order chi connectivity index (χ0) is 13.8. The topological polar surface area (TPSA) is 60.2 Å². The first-order valence-corrected chi connectivity index (χ1v) is 6.27. The number of benzene rings is 1. The van der Waals surface area contributed by atoms with Crippen LogP contribution in [0.15, 0.2) is 36.4 Å². The molecule has 1 aromatic carbocycles. The summed E-state index contributed by atoms with van der Waals surface area (Å²) in [6.45, 7) is 4.34. The van der Waals surface area contributed by atoms with Crippen LogP contribution in [0.5, 0.6) is 5.88 Å². The monoisotopic (exact) mass is 257 g/mol. The summed E-state index contributed by atoms with van der Waals surface area (Å²) in [5, 5.41) is 3.20. The highest BCUT2D eigenvalue weighted by molar-refractivity contribution is 5.69. The minimum atomic E-state index is 0.522. The number of anilines is 3. The zero-order valence-electron chi connectivity index (χ0n) is 11.5. The van der Waals surface area contributed by atoms with Gasteiger partial charge in [-0.05, 0) is 29.7 Å². The zero-order valence-corrected chi connectivity index (χ0v) is 11.5. The molecule has 1 heterocycles. The molecule has 0 atom stereocenters. The van der Waals surface area contributed by atoms with E-state index in [-0.39, 0.29) is 0 Å². The molecule has 0 bridgehead atoms. The summed E-state index contributed by atoms with van der Waals surface area (Å²) in [7, 11) is 1.58. The van der Waals surface area contributed by atoms with E-state index in [9.17, 15) is 0 Å². The SMILES string of the molecule is COc1ccc(N)c(Nc2ccc(C(C)C)cc2)n1. The van der Waals surface area contributed by atoms with Gasteiger partial charge in [-0.2, -0.15) is 4.98 Å². The Bertz CT molecular complexity index is 550. The summed E-state index contributed by atoms with van der Waals surface area (Å²) in [5.41, 5.74) is 8.74. The Morgan fingerprint density at radius 3 is 2.37 bits per heavy atom. The lowest BCUT2D eigenvalue weighted by molar-refractivity contribution is 0.398. The first-order chi connectivity index (χ1) is 9.10. The first-order valence-electron chi connectivity index (χ1n) is 6.27. The van der Waals surface area contributed by atoms with Gasteiger partial charge < -0.3 is 15.8 Å². The van der Waals surface area contributed by atoms with Gasteiger partial charge in [-0.25, -0.2) is 0 Å². The Balaban J connectivity index is 2.20. The molecule has 0 unspecified atom stereocenters. The highest BCUT2D eigenvalue weighted by Gasteiger charge is 2.04. The van der Waals surface area contributed by atoms with Crippen molar-refractivity contribution in [3.05, 3.63) is 42.0 Å². The third-order valence-corrected chi connectivity index (χ3v) is 2.95. The van der Waals surface area contributed by atoms with E-state index in [2.05, 4.69) is 36.3 Å². The average molecular weight is 257 g/mol. The number of hydrogen-bond donors (Lipinski definition) is 2. The highest BCUT2D eigenvalue weighted by Crippen LogP contribution is 2.24. The molecule has 4 heteroatoms. The number of methoxy groups -OCH3 is 1. The van der Waals surface area contributed by atoms with Gasteiger partial charge in [0.05, 0.1) is 12.8 Å². The molecule has 0 aliphatic heterocycles. The fourth-order valence-corrected chi connectivity index (χ4v) is 1.75. The largest absolute Gasteiger partial charge is 0.481 e. The number of pyridine rings is 1. The van der Waals surface area contributed by atoms with Gasteiger partial charge in [0.25, 0.3) is 0 Å². The lowest BCUT2D eigenvalue weighted by Crippen LogP contribution is -2.00. The number of rotatable bonds is 4. The van der Waals surface area contributed by atoms with E-state index in [4.69, 9.17) is 10.5 Å². The molecule has 0 saturated carbocycles. The van der Waals surface area contributed by atoms with Crippen molar-refractivity contribution in [2.24, 2.45) is 0 Å². The lowest BCUT2D eigenvalue weighted by Gasteiger charge is -2.11. The van der Waals surface area contributed by atoms with Gasteiger partial charge in [0.15, 0.2) is 5.82 Å². The van der Waals surface area contributed by atoms with Crippen LogP contribution >= 0.6 is 0 Å². The van der Waals surface area contributed by atoms with Gasteiger partial charge >= 0.3 is 0 Å². The molecular formula is C15H19N3O. The van der Waals surface area contributed by atoms with E-state index in [0.29, 0.717) is 23.3 Å². The van der Waals surface area contributed by atoms with Gasteiger partial charge in [0, 0.05) is 11.8 Å². The summed E-state index contributed by atoms with van der Waals surface area (Å²) in [6, 6.07) is 11.8. The van der Waals surface area contributed by atoms with Crippen molar-refractivity contribution in [2.75, 3.05) is 18.2 Å². The van der Waals surface area contributed by atoms with Crippen LogP contribution in [0.25, 0.3) is 0 Å². The van der Waals surface area contributed by atoms with Crippen LogP contribution in [-0.4, -0.2) is 12.1 Å². The van der Waals surface area contributed by atoms with Crippen LogP contribution in [0, 0.1) is 0 Å². The molecule has 0 fully saturated rings.